The molecule has 0 aliphatic rings. The smallest absolute Gasteiger partial charge is 0.250 e. The first-order valence-corrected chi connectivity index (χ1v) is 5.81. The predicted octanol–water partition coefficient (Wildman–Crippen LogP) is 1.65. The van der Waals surface area contributed by atoms with Crippen LogP contribution in [0.3, 0.4) is 0 Å². The molecule has 0 aromatic heterocycles. The van der Waals surface area contributed by atoms with Gasteiger partial charge in [-0.25, -0.2) is 0 Å². The monoisotopic (exact) mass is 272 g/mol. The lowest BCUT2D eigenvalue weighted by Crippen LogP contribution is -2.42. The molecule has 2 unspecified atom stereocenters. The molecule has 0 bridgehead atoms. The molecule has 0 fully saturated rings. The van der Waals surface area contributed by atoms with Crippen LogP contribution in [0.25, 0.3) is 0 Å². The molecule has 3 N–H and O–H groups in total. The molecule has 4 nitrogen and oxygen atoms in total. The minimum atomic E-state index is -0.576. The Labute approximate surface area is 114 Å². The van der Waals surface area contributed by atoms with Crippen molar-refractivity contribution in [1.82, 2.24) is 5.32 Å². The Kier molecular flexibility index (Phi) is 8.37. The zero-order valence-corrected chi connectivity index (χ0v) is 11.6. The van der Waals surface area contributed by atoms with Crippen LogP contribution in [0.1, 0.15) is 24.9 Å². The van der Waals surface area contributed by atoms with Crippen LogP contribution >= 0.6 is 12.4 Å². The zero-order chi connectivity index (χ0) is 12.7. The van der Waals surface area contributed by atoms with Crippen molar-refractivity contribution in [2.75, 3.05) is 13.7 Å². The number of halogens is 1. The van der Waals surface area contributed by atoms with Crippen LogP contribution in [0.15, 0.2) is 30.3 Å². The molecule has 2 atom stereocenters. The van der Waals surface area contributed by atoms with Crippen molar-refractivity contribution in [3.8, 4) is 0 Å². The molecule has 1 rings (SSSR count). The van der Waals surface area contributed by atoms with Gasteiger partial charge in [0.25, 0.3) is 5.91 Å². The van der Waals surface area contributed by atoms with Gasteiger partial charge in [-0.05, 0) is 12.0 Å². The van der Waals surface area contributed by atoms with Crippen molar-refractivity contribution in [3.63, 3.8) is 0 Å². The van der Waals surface area contributed by atoms with Crippen LogP contribution in [0, 0.1) is 0 Å². The Morgan fingerprint density at radius 3 is 2.44 bits per heavy atom. The molecule has 0 saturated heterocycles. The fraction of sp³-hybridized carbons (Fsp3) is 0.462. The van der Waals surface area contributed by atoms with Crippen LogP contribution in [0.2, 0.25) is 0 Å². The fourth-order valence-electron chi connectivity index (χ4n) is 1.68. The van der Waals surface area contributed by atoms with E-state index in [4.69, 9.17) is 10.5 Å². The van der Waals surface area contributed by atoms with Crippen molar-refractivity contribution < 1.29 is 9.53 Å². The second kappa shape index (κ2) is 8.91. The summed E-state index contributed by atoms with van der Waals surface area (Å²) in [5.74, 6) is -0.161. The van der Waals surface area contributed by atoms with E-state index in [2.05, 4.69) is 5.32 Å². The van der Waals surface area contributed by atoms with Crippen molar-refractivity contribution in [1.29, 1.82) is 0 Å². The number of amides is 1. The minimum Gasteiger partial charge on any atom is -0.370 e. The van der Waals surface area contributed by atoms with Crippen LogP contribution in [-0.4, -0.2) is 25.7 Å². The van der Waals surface area contributed by atoms with E-state index in [1.54, 1.807) is 0 Å². The van der Waals surface area contributed by atoms with Gasteiger partial charge in [0.2, 0.25) is 0 Å². The number of nitrogens with two attached hydrogens (primary N) is 1. The molecule has 5 heteroatoms. The second-order valence-electron chi connectivity index (χ2n) is 3.84. The summed E-state index contributed by atoms with van der Waals surface area (Å²) in [5, 5.41) is 2.94. The van der Waals surface area contributed by atoms with Gasteiger partial charge >= 0.3 is 0 Å². The summed E-state index contributed by atoms with van der Waals surface area (Å²) >= 11 is 0. The van der Waals surface area contributed by atoms with Gasteiger partial charge in [-0.15, -0.1) is 12.4 Å². The average Bonchev–Trinajstić information content (AvgIpc) is 2.38. The number of hydrogen-bond acceptors (Lipinski definition) is 3. The number of hydrogen-bond donors (Lipinski definition) is 2. The Morgan fingerprint density at radius 1 is 1.39 bits per heavy atom. The van der Waals surface area contributed by atoms with E-state index in [-0.39, 0.29) is 30.9 Å². The highest BCUT2D eigenvalue weighted by Crippen LogP contribution is 2.15. The van der Waals surface area contributed by atoms with Crippen LogP contribution in [0.5, 0.6) is 0 Å². The lowest BCUT2D eigenvalue weighted by atomic mass is 10.0. The Hall–Kier alpha value is -1.10. The molecule has 18 heavy (non-hydrogen) atoms. The first-order chi connectivity index (χ1) is 8.22. The second-order valence-corrected chi connectivity index (χ2v) is 3.84. The summed E-state index contributed by atoms with van der Waals surface area (Å²) in [4.78, 5) is 11.8. The van der Waals surface area contributed by atoms with Crippen LogP contribution in [-0.2, 0) is 9.53 Å². The number of carbonyl (C=O) groups is 1. The van der Waals surface area contributed by atoms with Crippen molar-refractivity contribution in [3.05, 3.63) is 35.9 Å². The molecule has 1 amide bonds. The number of ether oxygens (including phenoxy) is 1. The van der Waals surface area contributed by atoms with Gasteiger partial charge in [0.05, 0.1) is 6.04 Å². The Bertz CT molecular complexity index is 342. The number of benzene rings is 1. The maximum absolute atomic E-state index is 11.8. The summed E-state index contributed by atoms with van der Waals surface area (Å²) in [7, 11) is 1.49. The molecule has 0 aliphatic carbocycles. The third-order valence-corrected chi connectivity index (χ3v) is 2.72. The number of nitrogens with one attached hydrogen (secondary N) is 1. The largest absolute Gasteiger partial charge is 0.370 e. The summed E-state index contributed by atoms with van der Waals surface area (Å²) in [6, 6.07) is 9.88. The molecule has 0 heterocycles. The molecule has 102 valence electrons. The Morgan fingerprint density at radius 2 is 2.00 bits per heavy atom. The molecule has 0 radical (unpaired) electrons. The number of methoxy groups -OCH3 is 1. The molecule has 1 aromatic carbocycles. The van der Waals surface area contributed by atoms with Crippen LogP contribution < -0.4 is 11.1 Å². The minimum absolute atomic E-state index is 0. The molecule has 1 aromatic rings. The van der Waals surface area contributed by atoms with Crippen molar-refractivity contribution >= 4 is 18.3 Å². The van der Waals surface area contributed by atoms with Crippen LogP contribution in [0.4, 0.5) is 0 Å². The van der Waals surface area contributed by atoms with E-state index >= 15 is 0 Å². The number of carbonyl (C=O) groups excluding carboxylic acids is 1. The van der Waals surface area contributed by atoms with Gasteiger partial charge in [0.1, 0.15) is 6.10 Å². The van der Waals surface area contributed by atoms with Gasteiger partial charge in [0.15, 0.2) is 0 Å². The summed E-state index contributed by atoms with van der Waals surface area (Å²) in [5.41, 5.74) is 6.55. The van der Waals surface area contributed by atoms with E-state index in [1.807, 2.05) is 37.3 Å². The van der Waals surface area contributed by atoms with Gasteiger partial charge in [-0.2, -0.15) is 0 Å². The highest BCUT2D eigenvalue weighted by molar-refractivity contribution is 5.85. The number of rotatable bonds is 6. The van der Waals surface area contributed by atoms with Gasteiger partial charge < -0.3 is 15.8 Å². The highest BCUT2D eigenvalue weighted by Gasteiger charge is 2.19. The maximum atomic E-state index is 11.8. The molecular weight excluding hydrogens is 252 g/mol. The first kappa shape index (κ1) is 16.9. The predicted molar refractivity (Wildman–Crippen MR) is 74.7 cm³/mol. The molecule has 0 saturated carbocycles. The first-order valence-electron chi connectivity index (χ1n) is 5.81. The summed E-state index contributed by atoms with van der Waals surface area (Å²) < 4.78 is 5.01. The van der Waals surface area contributed by atoms with Gasteiger partial charge in [-0.3, -0.25) is 4.79 Å². The topological polar surface area (TPSA) is 64.4 Å². The van der Waals surface area contributed by atoms with Crippen molar-refractivity contribution in [2.45, 2.75) is 25.5 Å². The fourth-order valence-corrected chi connectivity index (χ4v) is 1.68. The quantitative estimate of drug-likeness (QED) is 0.828. The molecular formula is C13H21ClN2O2. The molecule has 0 spiro atoms. The van der Waals surface area contributed by atoms with E-state index < -0.39 is 6.10 Å². The average molecular weight is 273 g/mol. The molecule has 0 aliphatic heterocycles. The highest BCUT2D eigenvalue weighted by atomic mass is 35.5. The lowest BCUT2D eigenvalue weighted by molar-refractivity contribution is -0.131. The normalized spacial score (nSPS) is 13.3. The summed E-state index contributed by atoms with van der Waals surface area (Å²) in [6.07, 6.45) is 0.254. The van der Waals surface area contributed by atoms with Gasteiger partial charge in [-0.1, -0.05) is 37.3 Å². The van der Waals surface area contributed by atoms with Crippen molar-refractivity contribution in [2.24, 2.45) is 5.73 Å². The van der Waals surface area contributed by atoms with E-state index in [0.717, 1.165) is 12.0 Å². The van der Waals surface area contributed by atoms with E-state index in [0.29, 0.717) is 0 Å². The zero-order valence-electron chi connectivity index (χ0n) is 10.8. The standard InChI is InChI=1S/C13H20N2O2.ClH/c1-3-11(10-7-5-4-6-8-10)15-13(16)12(9-14)17-2;/h4-8,11-12H,3,9,14H2,1-2H3,(H,15,16);1H. The van der Waals surface area contributed by atoms with E-state index in [1.165, 1.54) is 7.11 Å². The third kappa shape index (κ3) is 4.64. The maximum Gasteiger partial charge on any atom is 0.250 e. The SMILES string of the molecule is CCC(NC(=O)C(CN)OC)c1ccccc1.Cl. The third-order valence-electron chi connectivity index (χ3n) is 2.72. The Balaban J connectivity index is 0.00000289. The van der Waals surface area contributed by atoms with Gasteiger partial charge in [0, 0.05) is 13.7 Å². The van der Waals surface area contributed by atoms with E-state index in [9.17, 15) is 4.79 Å². The summed E-state index contributed by atoms with van der Waals surface area (Å²) in [6.45, 7) is 2.22. The lowest BCUT2D eigenvalue weighted by Gasteiger charge is -2.20.